The van der Waals surface area contributed by atoms with Crippen molar-refractivity contribution in [3.63, 3.8) is 0 Å². The molecule has 0 spiro atoms. The zero-order valence-corrected chi connectivity index (χ0v) is 11.9. The van der Waals surface area contributed by atoms with Crippen molar-refractivity contribution in [1.29, 1.82) is 0 Å². The van der Waals surface area contributed by atoms with Gasteiger partial charge in [-0.05, 0) is 38.5 Å². The van der Waals surface area contributed by atoms with Crippen LogP contribution in [0.5, 0.6) is 11.5 Å². The summed E-state index contributed by atoms with van der Waals surface area (Å²) in [7, 11) is 1.56. The molecule has 0 atom stereocenters. The van der Waals surface area contributed by atoms with Gasteiger partial charge >= 0.3 is 0 Å². The number of primary amides is 1. The van der Waals surface area contributed by atoms with Gasteiger partial charge in [0.1, 0.15) is 0 Å². The van der Waals surface area contributed by atoms with Crippen LogP contribution in [-0.2, 0) is 11.3 Å². The van der Waals surface area contributed by atoms with Crippen LogP contribution in [0, 0.1) is 0 Å². The number of carbonyl (C=O) groups excluding carboxylic acids is 1. The van der Waals surface area contributed by atoms with E-state index < -0.39 is 5.91 Å². The molecule has 0 saturated heterocycles. The van der Waals surface area contributed by atoms with Gasteiger partial charge in [0, 0.05) is 12.1 Å². The molecule has 1 rings (SSSR count). The van der Waals surface area contributed by atoms with E-state index in [1.54, 1.807) is 7.11 Å². The van der Waals surface area contributed by atoms with E-state index >= 15 is 0 Å². The Kier molecular flexibility index (Phi) is 5.18. The van der Waals surface area contributed by atoms with Crippen molar-refractivity contribution >= 4 is 5.91 Å². The molecule has 0 aliphatic heterocycles. The second kappa shape index (κ2) is 6.43. The molecular formula is C14H22N2O3. The quantitative estimate of drug-likeness (QED) is 0.817. The molecule has 1 aromatic carbocycles. The second-order valence-electron chi connectivity index (χ2n) is 5.34. The molecule has 0 aliphatic rings. The lowest BCUT2D eigenvalue weighted by molar-refractivity contribution is -0.119. The number of benzene rings is 1. The molecule has 19 heavy (non-hydrogen) atoms. The Morgan fingerprint density at radius 2 is 2.00 bits per heavy atom. The maximum atomic E-state index is 10.8. The summed E-state index contributed by atoms with van der Waals surface area (Å²) in [6, 6.07) is 5.62. The Bertz CT molecular complexity index is 439. The molecule has 0 bridgehead atoms. The number of nitrogens with two attached hydrogens (primary N) is 1. The molecule has 0 aromatic heterocycles. The van der Waals surface area contributed by atoms with Gasteiger partial charge in [-0.2, -0.15) is 0 Å². The third-order valence-electron chi connectivity index (χ3n) is 2.42. The zero-order valence-electron chi connectivity index (χ0n) is 11.9. The highest BCUT2D eigenvalue weighted by molar-refractivity contribution is 5.75. The Morgan fingerprint density at radius 3 is 2.53 bits per heavy atom. The first-order chi connectivity index (χ1) is 8.81. The Labute approximate surface area is 114 Å². The molecular weight excluding hydrogens is 244 g/mol. The minimum atomic E-state index is -0.514. The second-order valence-corrected chi connectivity index (χ2v) is 5.34. The number of hydrogen-bond acceptors (Lipinski definition) is 4. The van der Waals surface area contributed by atoms with Gasteiger partial charge in [0.15, 0.2) is 18.1 Å². The third kappa shape index (κ3) is 5.61. The standard InChI is InChI=1S/C14H22N2O3/c1-14(2,3)16-8-10-5-6-11(18-4)12(7-10)19-9-13(15)17/h5-7,16H,8-9H2,1-4H3,(H2,15,17). The van der Waals surface area contributed by atoms with E-state index in [0.29, 0.717) is 18.0 Å². The fraction of sp³-hybridized carbons (Fsp3) is 0.500. The number of hydrogen-bond donors (Lipinski definition) is 2. The van der Waals surface area contributed by atoms with Gasteiger partial charge < -0.3 is 20.5 Å². The van der Waals surface area contributed by atoms with Crippen LogP contribution in [0.15, 0.2) is 18.2 Å². The minimum Gasteiger partial charge on any atom is -0.493 e. The number of nitrogens with one attached hydrogen (secondary N) is 1. The van der Waals surface area contributed by atoms with Gasteiger partial charge in [-0.1, -0.05) is 6.07 Å². The van der Waals surface area contributed by atoms with Gasteiger partial charge in [-0.3, -0.25) is 4.79 Å². The van der Waals surface area contributed by atoms with Crippen molar-refractivity contribution in [2.24, 2.45) is 5.73 Å². The molecule has 3 N–H and O–H groups in total. The summed E-state index contributed by atoms with van der Waals surface area (Å²) in [5.41, 5.74) is 6.16. The largest absolute Gasteiger partial charge is 0.493 e. The lowest BCUT2D eigenvalue weighted by Gasteiger charge is -2.21. The van der Waals surface area contributed by atoms with Gasteiger partial charge in [0.25, 0.3) is 5.91 Å². The fourth-order valence-corrected chi connectivity index (χ4v) is 1.46. The maximum absolute atomic E-state index is 10.8. The highest BCUT2D eigenvalue weighted by atomic mass is 16.5. The van der Waals surface area contributed by atoms with Crippen LogP contribution in [0.3, 0.4) is 0 Å². The molecule has 0 fully saturated rings. The molecule has 106 valence electrons. The van der Waals surface area contributed by atoms with E-state index in [1.165, 1.54) is 0 Å². The third-order valence-corrected chi connectivity index (χ3v) is 2.42. The maximum Gasteiger partial charge on any atom is 0.255 e. The van der Waals surface area contributed by atoms with E-state index in [4.69, 9.17) is 15.2 Å². The predicted octanol–water partition coefficient (Wildman–Crippen LogP) is 1.45. The van der Waals surface area contributed by atoms with Crippen molar-refractivity contribution in [3.8, 4) is 11.5 Å². The van der Waals surface area contributed by atoms with Crippen LogP contribution in [0.25, 0.3) is 0 Å². The molecule has 0 aliphatic carbocycles. The van der Waals surface area contributed by atoms with Crippen molar-refractivity contribution in [1.82, 2.24) is 5.32 Å². The number of methoxy groups -OCH3 is 1. The monoisotopic (exact) mass is 266 g/mol. The molecule has 0 heterocycles. The van der Waals surface area contributed by atoms with Gasteiger partial charge in [-0.15, -0.1) is 0 Å². The zero-order chi connectivity index (χ0) is 14.5. The van der Waals surface area contributed by atoms with Crippen LogP contribution in [-0.4, -0.2) is 25.2 Å². The molecule has 0 saturated carbocycles. The Balaban J connectivity index is 2.79. The first-order valence-electron chi connectivity index (χ1n) is 6.15. The highest BCUT2D eigenvalue weighted by Gasteiger charge is 2.11. The van der Waals surface area contributed by atoms with Gasteiger partial charge in [0.2, 0.25) is 0 Å². The fourth-order valence-electron chi connectivity index (χ4n) is 1.46. The summed E-state index contributed by atoms with van der Waals surface area (Å²) >= 11 is 0. The smallest absolute Gasteiger partial charge is 0.255 e. The summed E-state index contributed by atoms with van der Waals surface area (Å²) in [4.78, 5) is 10.8. The normalized spacial score (nSPS) is 11.2. The number of amides is 1. The highest BCUT2D eigenvalue weighted by Crippen LogP contribution is 2.28. The first-order valence-corrected chi connectivity index (χ1v) is 6.15. The summed E-state index contributed by atoms with van der Waals surface area (Å²) in [5, 5.41) is 3.38. The predicted molar refractivity (Wildman–Crippen MR) is 74.3 cm³/mol. The average molecular weight is 266 g/mol. The minimum absolute atomic E-state index is 0.0359. The van der Waals surface area contributed by atoms with E-state index in [1.807, 2.05) is 18.2 Å². The summed E-state index contributed by atoms with van der Waals surface area (Å²) in [6.07, 6.45) is 0. The van der Waals surface area contributed by atoms with Crippen molar-refractivity contribution < 1.29 is 14.3 Å². The average Bonchev–Trinajstić information content (AvgIpc) is 2.33. The molecule has 1 aromatic rings. The SMILES string of the molecule is COc1ccc(CNC(C)(C)C)cc1OCC(N)=O. The van der Waals surface area contributed by atoms with E-state index in [0.717, 1.165) is 5.56 Å². The lowest BCUT2D eigenvalue weighted by atomic mass is 10.1. The number of rotatable bonds is 6. The molecule has 0 radical (unpaired) electrons. The summed E-state index contributed by atoms with van der Waals surface area (Å²) in [6.45, 7) is 6.84. The van der Waals surface area contributed by atoms with Crippen LogP contribution >= 0.6 is 0 Å². The van der Waals surface area contributed by atoms with Crippen LogP contribution < -0.4 is 20.5 Å². The molecule has 5 nitrogen and oxygen atoms in total. The molecule has 5 heteroatoms. The number of carbonyl (C=O) groups is 1. The summed E-state index contributed by atoms with van der Waals surface area (Å²) in [5.74, 6) is 0.593. The topological polar surface area (TPSA) is 73.6 Å². The number of ether oxygens (including phenoxy) is 2. The van der Waals surface area contributed by atoms with Crippen molar-refractivity contribution in [3.05, 3.63) is 23.8 Å². The molecule has 1 amide bonds. The lowest BCUT2D eigenvalue weighted by Crippen LogP contribution is -2.35. The van der Waals surface area contributed by atoms with Gasteiger partial charge in [-0.25, -0.2) is 0 Å². The van der Waals surface area contributed by atoms with Crippen molar-refractivity contribution in [2.45, 2.75) is 32.9 Å². The van der Waals surface area contributed by atoms with E-state index in [2.05, 4.69) is 26.1 Å². The Hall–Kier alpha value is -1.75. The van der Waals surface area contributed by atoms with E-state index in [9.17, 15) is 4.79 Å². The Morgan fingerprint density at radius 1 is 1.32 bits per heavy atom. The van der Waals surface area contributed by atoms with Crippen molar-refractivity contribution in [2.75, 3.05) is 13.7 Å². The van der Waals surface area contributed by atoms with E-state index in [-0.39, 0.29) is 12.1 Å². The first kappa shape index (κ1) is 15.3. The van der Waals surface area contributed by atoms with Gasteiger partial charge in [0.05, 0.1) is 7.11 Å². The van der Waals surface area contributed by atoms with Crippen LogP contribution in [0.4, 0.5) is 0 Å². The molecule has 0 unspecified atom stereocenters. The van der Waals surface area contributed by atoms with Crippen LogP contribution in [0.2, 0.25) is 0 Å². The summed E-state index contributed by atoms with van der Waals surface area (Å²) < 4.78 is 10.5. The van der Waals surface area contributed by atoms with Crippen LogP contribution in [0.1, 0.15) is 26.3 Å².